The molecule has 102 valence electrons. The first-order chi connectivity index (χ1) is 8.69. The maximum Gasteiger partial charge on any atom is 0.0964 e. The fraction of sp³-hybridized carbons (Fsp3) is 0.692. The molecule has 18 heavy (non-hydrogen) atoms. The van der Waals surface area contributed by atoms with Gasteiger partial charge in [0.1, 0.15) is 0 Å². The molecule has 1 fully saturated rings. The maximum absolute atomic E-state index is 10.3. The molecular formula is C13H20BrNO2S. The summed E-state index contributed by atoms with van der Waals surface area (Å²) in [6.07, 6.45) is 1.38. The highest BCUT2D eigenvalue weighted by molar-refractivity contribution is 9.11. The van der Waals surface area contributed by atoms with Crippen molar-refractivity contribution >= 4 is 27.3 Å². The molecule has 0 aliphatic carbocycles. The second kappa shape index (κ2) is 7.01. The van der Waals surface area contributed by atoms with Crippen LogP contribution in [0.1, 0.15) is 18.2 Å². The average Bonchev–Trinajstić information content (AvgIpc) is 2.75. The summed E-state index contributed by atoms with van der Waals surface area (Å²) < 4.78 is 6.81. The van der Waals surface area contributed by atoms with Crippen LogP contribution in [0.2, 0.25) is 0 Å². The lowest BCUT2D eigenvalue weighted by Gasteiger charge is -2.35. The molecule has 5 heteroatoms. The molecule has 2 atom stereocenters. The van der Waals surface area contributed by atoms with E-state index >= 15 is 0 Å². The third-order valence-electron chi connectivity index (χ3n) is 3.19. The lowest BCUT2D eigenvalue weighted by atomic mass is 10.1. The van der Waals surface area contributed by atoms with Gasteiger partial charge in [-0.1, -0.05) is 6.92 Å². The van der Waals surface area contributed by atoms with Crippen LogP contribution in [0.15, 0.2) is 15.9 Å². The Morgan fingerprint density at radius 1 is 1.61 bits per heavy atom. The minimum absolute atomic E-state index is 0.0498. The zero-order valence-electron chi connectivity index (χ0n) is 10.6. The Labute approximate surface area is 121 Å². The predicted molar refractivity (Wildman–Crippen MR) is 78.2 cm³/mol. The molecule has 0 spiro atoms. The summed E-state index contributed by atoms with van der Waals surface area (Å²) in [7, 11) is 0. The lowest BCUT2D eigenvalue weighted by Crippen LogP contribution is -2.48. The average molecular weight is 334 g/mol. The monoisotopic (exact) mass is 333 g/mol. The van der Waals surface area contributed by atoms with E-state index in [1.807, 2.05) is 6.07 Å². The zero-order valence-corrected chi connectivity index (χ0v) is 13.0. The molecule has 1 aliphatic heterocycles. The second-order valence-electron chi connectivity index (χ2n) is 4.69. The summed E-state index contributed by atoms with van der Waals surface area (Å²) >= 11 is 5.12. The van der Waals surface area contributed by atoms with E-state index in [1.165, 1.54) is 4.88 Å². The molecule has 1 N–H and O–H groups in total. The van der Waals surface area contributed by atoms with Crippen molar-refractivity contribution in [3.05, 3.63) is 20.8 Å². The molecule has 3 nitrogen and oxygen atoms in total. The largest absolute Gasteiger partial charge is 0.390 e. The summed E-state index contributed by atoms with van der Waals surface area (Å²) in [6, 6.07) is 4.09. The Balaban J connectivity index is 1.86. The van der Waals surface area contributed by atoms with Gasteiger partial charge in [0.25, 0.3) is 0 Å². The highest BCUT2D eigenvalue weighted by Crippen LogP contribution is 2.24. The molecule has 0 aromatic carbocycles. The van der Waals surface area contributed by atoms with Gasteiger partial charge in [-0.3, -0.25) is 4.90 Å². The van der Waals surface area contributed by atoms with E-state index in [0.717, 1.165) is 36.4 Å². The standard InChI is InChI=1S/C13H20BrNO2S/c1-2-5-15-6-7-17-12(9-15)11(16)8-10-3-4-13(14)18-10/h3-4,11-12,16H,2,5-9H2,1H3. The number of hydrogen-bond acceptors (Lipinski definition) is 4. The third kappa shape index (κ3) is 4.03. The smallest absolute Gasteiger partial charge is 0.0964 e. The van der Waals surface area contributed by atoms with Gasteiger partial charge in [0, 0.05) is 24.4 Å². The van der Waals surface area contributed by atoms with E-state index in [2.05, 4.69) is 33.8 Å². The Morgan fingerprint density at radius 2 is 2.44 bits per heavy atom. The summed E-state index contributed by atoms with van der Waals surface area (Å²) in [5.41, 5.74) is 0. The molecule has 0 radical (unpaired) electrons. The number of hydrogen-bond donors (Lipinski definition) is 1. The Morgan fingerprint density at radius 3 is 3.11 bits per heavy atom. The van der Waals surface area contributed by atoms with E-state index in [4.69, 9.17) is 4.74 Å². The number of rotatable bonds is 5. The normalized spacial score (nSPS) is 23.2. The van der Waals surface area contributed by atoms with Gasteiger partial charge in [0.2, 0.25) is 0 Å². The van der Waals surface area contributed by atoms with Gasteiger partial charge in [0.05, 0.1) is 22.6 Å². The fourth-order valence-corrected chi connectivity index (χ4v) is 3.82. The molecule has 2 unspecified atom stereocenters. The van der Waals surface area contributed by atoms with Crippen LogP contribution >= 0.6 is 27.3 Å². The van der Waals surface area contributed by atoms with Crippen molar-refractivity contribution in [1.82, 2.24) is 4.90 Å². The maximum atomic E-state index is 10.3. The molecule has 1 aliphatic rings. The first-order valence-electron chi connectivity index (χ1n) is 6.45. The van der Waals surface area contributed by atoms with Crippen LogP contribution in [0.5, 0.6) is 0 Å². The van der Waals surface area contributed by atoms with Crippen LogP contribution in [0.25, 0.3) is 0 Å². The van der Waals surface area contributed by atoms with Gasteiger partial charge in [-0.2, -0.15) is 0 Å². The highest BCUT2D eigenvalue weighted by Gasteiger charge is 2.26. The summed E-state index contributed by atoms with van der Waals surface area (Å²) in [5, 5.41) is 10.3. The number of thiophene rings is 1. The number of aliphatic hydroxyl groups is 1. The van der Waals surface area contributed by atoms with Crippen LogP contribution in [-0.4, -0.2) is 48.5 Å². The minimum atomic E-state index is -0.407. The molecule has 1 saturated heterocycles. The molecule has 2 heterocycles. The van der Waals surface area contributed by atoms with E-state index in [1.54, 1.807) is 11.3 Å². The van der Waals surface area contributed by atoms with Crippen molar-refractivity contribution in [1.29, 1.82) is 0 Å². The van der Waals surface area contributed by atoms with Gasteiger partial charge >= 0.3 is 0 Å². The highest BCUT2D eigenvalue weighted by atomic mass is 79.9. The van der Waals surface area contributed by atoms with Gasteiger partial charge in [-0.05, 0) is 41.0 Å². The Bertz CT molecular complexity index is 370. The van der Waals surface area contributed by atoms with Crippen molar-refractivity contribution in [2.75, 3.05) is 26.2 Å². The zero-order chi connectivity index (χ0) is 13.0. The lowest BCUT2D eigenvalue weighted by molar-refractivity contribution is -0.0875. The van der Waals surface area contributed by atoms with Crippen LogP contribution in [0.4, 0.5) is 0 Å². The van der Waals surface area contributed by atoms with Crippen molar-refractivity contribution in [3.63, 3.8) is 0 Å². The molecule has 1 aromatic rings. The second-order valence-corrected chi connectivity index (χ2v) is 7.23. The van der Waals surface area contributed by atoms with Crippen molar-refractivity contribution in [3.8, 4) is 0 Å². The predicted octanol–water partition coefficient (Wildman–Crippen LogP) is 2.52. The van der Waals surface area contributed by atoms with E-state index < -0.39 is 6.10 Å². The molecule has 0 bridgehead atoms. The van der Waals surface area contributed by atoms with Crippen LogP contribution in [-0.2, 0) is 11.2 Å². The van der Waals surface area contributed by atoms with Crippen molar-refractivity contribution < 1.29 is 9.84 Å². The Hall–Kier alpha value is 0.0600. The number of ether oxygens (including phenoxy) is 1. The van der Waals surface area contributed by atoms with Crippen LogP contribution in [0, 0.1) is 0 Å². The summed E-state index contributed by atoms with van der Waals surface area (Å²) in [4.78, 5) is 3.58. The number of aliphatic hydroxyl groups excluding tert-OH is 1. The fourth-order valence-electron chi connectivity index (χ4n) is 2.28. The molecular weight excluding hydrogens is 314 g/mol. The topological polar surface area (TPSA) is 32.7 Å². The van der Waals surface area contributed by atoms with E-state index in [0.29, 0.717) is 6.42 Å². The van der Waals surface area contributed by atoms with Crippen LogP contribution in [0.3, 0.4) is 0 Å². The van der Waals surface area contributed by atoms with Crippen LogP contribution < -0.4 is 0 Å². The van der Waals surface area contributed by atoms with Gasteiger partial charge in [-0.15, -0.1) is 11.3 Å². The van der Waals surface area contributed by atoms with Crippen molar-refractivity contribution in [2.24, 2.45) is 0 Å². The quantitative estimate of drug-likeness (QED) is 0.898. The minimum Gasteiger partial charge on any atom is -0.390 e. The third-order valence-corrected chi connectivity index (χ3v) is 4.83. The summed E-state index contributed by atoms with van der Waals surface area (Å²) in [6.45, 7) is 5.85. The SMILES string of the molecule is CCCN1CCOC(C(O)Cc2ccc(Br)s2)C1. The first kappa shape index (κ1) is 14.5. The van der Waals surface area contributed by atoms with Crippen molar-refractivity contribution in [2.45, 2.75) is 32.0 Å². The van der Waals surface area contributed by atoms with E-state index in [9.17, 15) is 5.11 Å². The summed E-state index contributed by atoms with van der Waals surface area (Å²) in [5.74, 6) is 0. The first-order valence-corrected chi connectivity index (χ1v) is 8.06. The van der Waals surface area contributed by atoms with Gasteiger partial charge in [-0.25, -0.2) is 0 Å². The van der Waals surface area contributed by atoms with Gasteiger partial charge < -0.3 is 9.84 Å². The molecule has 2 rings (SSSR count). The Kier molecular flexibility index (Phi) is 5.63. The molecule has 0 amide bonds. The molecule has 1 aromatic heterocycles. The molecule has 0 saturated carbocycles. The number of nitrogens with zero attached hydrogens (tertiary/aromatic N) is 1. The van der Waals surface area contributed by atoms with E-state index in [-0.39, 0.29) is 6.10 Å². The number of halogens is 1. The number of morpholine rings is 1. The van der Waals surface area contributed by atoms with Gasteiger partial charge in [0.15, 0.2) is 0 Å².